The Morgan fingerprint density at radius 2 is 1.59 bits per heavy atom. The molecule has 22 heavy (non-hydrogen) atoms. The zero-order chi connectivity index (χ0) is 15.4. The van der Waals surface area contributed by atoms with Crippen LogP contribution in [0.4, 0.5) is 5.69 Å². The standard InChI is InChI=1S/C18H22N2O.ClH/c1-13-9-11-16(12-10-13)20(3)18(21)14(2)17(19)15-7-5-4-6-8-15;/h4-12,14,17H,19H2,1-3H3;1H. The molecule has 1 amide bonds. The van der Waals surface area contributed by atoms with Crippen LogP contribution in [0, 0.1) is 12.8 Å². The van der Waals surface area contributed by atoms with Crippen molar-refractivity contribution in [3.05, 3.63) is 65.7 Å². The lowest BCUT2D eigenvalue weighted by Crippen LogP contribution is -2.37. The average molecular weight is 319 g/mol. The van der Waals surface area contributed by atoms with Gasteiger partial charge in [-0.15, -0.1) is 12.4 Å². The molecule has 0 aliphatic carbocycles. The van der Waals surface area contributed by atoms with Crippen molar-refractivity contribution in [1.29, 1.82) is 0 Å². The fourth-order valence-corrected chi connectivity index (χ4v) is 2.32. The van der Waals surface area contributed by atoms with Crippen LogP contribution >= 0.6 is 12.4 Å². The number of aryl methyl sites for hydroxylation is 1. The molecule has 2 aromatic rings. The van der Waals surface area contributed by atoms with E-state index in [4.69, 9.17) is 5.73 Å². The van der Waals surface area contributed by atoms with E-state index in [-0.39, 0.29) is 30.3 Å². The summed E-state index contributed by atoms with van der Waals surface area (Å²) in [4.78, 5) is 14.3. The van der Waals surface area contributed by atoms with Crippen LogP contribution in [0.2, 0.25) is 0 Å². The predicted octanol–water partition coefficient (Wildman–Crippen LogP) is 3.72. The van der Waals surface area contributed by atoms with Crippen LogP contribution in [0.15, 0.2) is 54.6 Å². The van der Waals surface area contributed by atoms with Crippen molar-refractivity contribution in [3.63, 3.8) is 0 Å². The Bertz CT molecular complexity index is 598. The maximum atomic E-state index is 12.6. The van der Waals surface area contributed by atoms with Gasteiger partial charge in [-0.1, -0.05) is 55.0 Å². The van der Waals surface area contributed by atoms with Gasteiger partial charge in [0, 0.05) is 18.8 Å². The minimum atomic E-state index is -0.299. The first-order valence-corrected chi connectivity index (χ1v) is 7.15. The minimum absolute atomic E-state index is 0. The van der Waals surface area contributed by atoms with Crippen molar-refractivity contribution in [2.24, 2.45) is 11.7 Å². The Morgan fingerprint density at radius 3 is 2.14 bits per heavy atom. The highest BCUT2D eigenvalue weighted by atomic mass is 35.5. The molecule has 0 fully saturated rings. The highest BCUT2D eigenvalue weighted by Gasteiger charge is 2.25. The summed E-state index contributed by atoms with van der Waals surface area (Å²) in [6.45, 7) is 3.91. The van der Waals surface area contributed by atoms with E-state index in [0.717, 1.165) is 11.3 Å². The molecule has 0 bridgehead atoms. The molecular formula is C18H23ClN2O. The molecule has 0 radical (unpaired) electrons. The van der Waals surface area contributed by atoms with Crippen molar-refractivity contribution < 1.29 is 4.79 Å². The number of benzene rings is 2. The normalized spacial score (nSPS) is 12.9. The summed E-state index contributed by atoms with van der Waals surface area (Å²) < 4.78 is 0. The van der Waals surface area contributed by atoms with Gasteiger partial charge in [-0.05, 0) is 24.6 Å². The lowest BCUT2D eigenvalue weighted by molar-refractivity contribution is -0.122. The number of rotatable bonds is 4. The molecule has 2 rings (SSSR count). The first kappa shape index (κ1) is 18.2. The van der Waals surface area contributed by atoms with Crippen LogP contribution in [-0.2, 0) is 4.79 Å². The molecule has 0 saturated heterocycles. The van der Waals surface area contributed by atoms with Crippen LogP contribution in [0.3, 0.4) is 0 Å². The zero-order valence-corrected chi connectivity index (χ0v) is 14.0. The van der Waals surface area contributed by atoms with E-state index in [1.54, 1.807) is 11.9 Å². The Balaban J connectivity index is 0.00000242. The molecule has 0 heterocycles. The van der Waals surface area contributed by atoms with Gasteiger partial charge in [0.05, 0.1) is 5.92 Å². The number of hydrogen-bond acceptors (Lipinski definition) is 2. The summed E-state index contributed by atoms with van der Waals surface area (Å²) in [5, 5.41) is 0. The fourth-order valence-electron chi connectivity index (χ4n) is 2.32. The highest BCUT2D eigenvalue weighted by molar-refractivity contribution is 5.94. The summed E-state index contributed by atoms with van der Waals surface area (Å²) in [6, 6.07) is 17.4. The minimum Gasteiger partial charge on any atom is -0.323 e. The third kappa shape index (κ3) is 4.09. The topological polar surface area (TPSA) is 46.3 Å². The molecule has 118 valence electrons. The van der Waals surface area contributed by atoms with Crippen molar-refractivity contribution in [3.8, 4) is 0 Å². The van der Waals surface area contributed by atoms with Crippen molar-refractivity contribution in [2.45, 2.75) is 19.9 Å². The largest absolute Gasteiger partial charge is 0.323 e. The summed E-state index contributed by atoms with van der Waals surface area (Å²) in [5.41, 5.74) is 9.28. The first-order valence-electron chi connectivity index (χ1n) is 7.15. The van der Waals surface area contributed by atoms with Crippen LogP contribution < -0.4 is 10.6 Å². The third-order valence-electron chi connectivity index (χ3n) is 3.86. The van der Waals surface area contributed by atoms with E-state index in [1.165, 1.54) is 5.56 Å². The van der Waals surface area contributed by atoms with Gasteiger partial charge < -0.3 is 10.6 Å². The van der Waals surface area contributed by atoms with Gasteiger partial charge in [-0.2, -0.15) is 0 Å². The van der Waals surface area contributed by atoms with Crippen LogP contribution in [0.25, 0.3) is 0 Å². The van der Waals surface area contributed by atoms with E-state index in [2.05, 4.69) is 0 Å². The van der Waals surface area contributed by atoms with Crippen LogP contribution in [-0.4, -0.2) is 13.0 Å². The average Bonchev–Trinajstić information content (AvgIpc) is 2.53. The number of carbonyl (C=O) groups excluding carboxylic acids is 1. The molecule has 3 nitrogen and oxygen atoms in total. The Kier molecular flexibility index (Phi) is 6.60. The molecule has 2 N–H and O–H groups in total. The molecule has 4 heteroatoms. The maximum absolute atomic E-state index is 12.6. The summed E-state index contributed by atoms with van der Waals surface area (Å²) in [5.74, 6) is -0.256. The molecule has 0 saturated carbocycles. The molecule has 2 atom stereocenters. The Morgan fingerprint density at radius 1 is 1.05 bits per heavy atom. The van der Waals surface area contributed by atoms with E-state index in [9.17, 15) is 4.79 Å². The number of nitrogens with two attached hydrogens (primary N) is 1. The number of halogens is 1. The lowest BCUT2D eigenvalue weighted by atomic mass is 9.94. The molecule has 0 aliphatic heterocycles. The van der Waals surface area contributed by atoms with Gasteiger partial charge >= 0.3 is 0 Å². The Hall–Kier alpha value is -1.84. The van der Waals surface area contributed by atoms with Gasteiger partial charge in [0.25, 0.3) is 0 Å². The van der Waals surface area contributed by atoms with E-state index < -0.39 is 0 Å². The van der Waals surface area contributed by atoms with Gasteiger partial charge in [-0.25, -0.2) is 0 Å². The first-order chi connectivity index (χ1) is 10.0. The summed E-state index contributed by atoms with van der Waals surface area (Å²) >= 11 is 0. The molecule has 2 aromatic carbocycles. The van der Waals surface area contributed by atoms with Gasteiger partial charge in [0.15, 0.2) is 0 Å². The Labute approximate surface area is 138 Å². The van der Waals surface area contributed by atoms with Crippen molar-refractivity contribution in [1.82, 2.24) is 0 Å². The smallest absolute Gasteiger partial charge is 0.231 e. The third-order valence-corrected chi connectivity index (χ3v) is 3.86. The van der Waals surface area contributed by atoms with E-state index in [1.807, 2.05) is 68.4 Å². The van der Waals surface area contributed by atoms with Crippen molar-refractivity contribution in [2.75, 3.05) is 11.9 Å². The monoisotopic (exact) mass is 318 g/mol. The van der Waals surface area contributed by atoms with E-state index >= 15 is 0 Å². The predicted molar refractivity (Wildman–Crippen MR) is 94.4 cm³/mol. The quantitative estimate of drug-likeness (QED) is 0.934. The number of anilines is 1. The highest BCUT2D eigenvalue weighted by Crippen LogP contribution is 2.23. The second-order valence-corrected chi connectivity index (χ2v) is 5.46. The lowest BCUT2D eigenvalue weighted by Gasteiger charge is -2.25. The molecular weight excluding hydrogens is 296 g/mol. The van der Waals surface area contributed by atoms with Gasteiger partial charge in [0.2, 0.25) is 5.91 Å². The second kappa shape index (κ2) is 7.97. The van der Waals surface area contributed by atoms with Gasteiger partial charge in [0.1, 0.15) is 0 Å². The second-order valence-electron chi connectivity index (χ2n) is 5.46. The number of carbonyl (C=O) groups is 1. The zero-order valence-electron chi connectivity index (χ0n) is 13.2. The van der Waals surface area contributed by atoms with Crippen molar-refractivity contribution >= 4 is 24.0 Å². The molecule has 0 aliphatic rings. The SMILES string of the molecule is Cc1ccc(N(C)C(=O)C(C)C(N)c2ccccc2)cc1.Cl. The fraction of sp³-hybridized carbons (Fsp3) is 0.278. The number of hydrogen-bond donors (Lipinski definition) is 1. The number of nitrogens with zero attached hydrogens (tertiary/aromatic N) is 1. The van der Waals surface area contributed by atoms with Gasteiger partial charge in [-0.3, -0.25) is 4.79 Å². The molecule has 2 unspecified atom stereocenters. The maximum Gasteiger partial charge on any atom is 0.231 e. The summed E-state index contributed by atoms with van der Waals surface area (Å²) in [7, 11) is 1.79. The number of amides is 1. The molecule has 0 aromatic heterocycles. The van der Waals surface area contributed by atoms with E-state index in [0.29, 0.717) is 0 Å². The molecule has 0 spiro atoms. The van der Waals surface area contributed by atoms with Crippen LogP contribution in [0.5, 0.6) is 0 Å². The van der Waals surface area contributed by atoms with Crippen LogP contribution in [0.1, 0.15) is 24.1 Å². The summed E-state index contributed by atoms with van der Waals surface area (Å²) in [6.07, 6.45) is 0.